The molecule has 2 aliphatic carbocycles. The van der Waals surface area contributed by atoms with Gasteiger partial charge in [0.05, 0.1) is 0 Å². The molecule has 1 fully saturated rings. The van der Waals surface area contributed by atoms with Crippen LogP contribution in [0.25, 0.3) is 11.1 Å². The van der Waals surface area contributed by atoms with Crippen LogP contribution in [0.15, 0.2) is 48.5 Å². The summed E-state index contributed by atoms with van der Waals surface area (Å²) < 4.78 is 5.47. The maximum Gasteiger partial charge on any atom is 0.408 e. The summed E-state index contributed by atoms with van der Waals surface area (Å²) in [4.78, 5) is 12.0. The Hall–Kier alpha value is -2.73. The summed E-state index contributed by atoms with van der Waals surface area (Å²) in [5, 5.41) is 2.79. The summed E-state index contributed by atoms with van der Waals surface area (Å²) in [5.74, 6) is 2.71. The van der Waals surface area contributed by atoms with Crippen LogP contribution in [-0.4, -0.2) is 18.2 Å². The molecule has 1 saturated carbocycles. The Kier molecular flexibility index (Phi) is 3.12. The Morgan fingerprint density at radius 2 is 1.70 bits per heavy atom. The third-order valence-electron chi connectivity index (χ3n) is 4.71. The molecule has 0 bridgehead atoms. The van der Waals surface area contributed by atoms with Crippen LogP contribution in [0, 0.1) is 12.3 Å². The highest BCUT2D eigenvalue weighted by Crippen LogP contribution is 2.44. The molecule has 23 heavy (non-hydrogen) atoms. The Morgan fingerprint density at radius 3 is 2.22 bits per heavy atom. The van der Waals surface area contributed by atoms with Crippen molar-refractivity contribution >= 4 is 6.09 Å². The Bertz CT molecular complexity index is 769. The SMILES string of the molecule is C#CC1(NC(=O)OCC2c3ccccc3-c3ccccc32)CC1. The second kappa shape index (κ2) is 5.17. The zero-order valence-corrected chi connectivity index (χ0v) is 12.7. The number of nitrogens with one attached hydrogen (secondary N) is 1. The highest BCUT2D eigenvalue weighted by molar-refractivity contribution is 5.79. The number of terminal acetylenes is 1. The quantitative estimate of drug-likeness (QED) is 0.878. The lowest BCUT2D eigenvalue weighted by atomic mass is 9.98. The number of benzene rings is 2. The highest BCUT2D eigenvalue weighted by atomic mass is 16.5. The van der Waals surface area contributed by atoms with Crippen molar-refractivity contribution in [3.8, 4) is 23.5 Å². The van der Waals surface area contributed by atoms with Crippen LogP contribution in [0.1, 0.15) is 29.9 Å². The van der Waals surface area contributed by atoms with Gasteiger partial charge in [-0.3, -0.25) is 0 Å². The van der Waals surface area contributed by atoms with Crippen molar-refractivity contribution in [2.24, 2.45) is 0 Å². The molecule has 0 spiro atoms. The Balaban J connectivity index is 1.53. The molecular weight excluding hydrogens is 286 g/mol. The van der Waals surface area contributed by atoms with Crippen molar-refractivity contribution in [1.29, 1.82) is 0 Å². The monoisotopic (exact) mass is 303 g/mol. The fraction of sp³-hybridized carbons (Fsp3) is 0.250. The van der Waals surface area contributed by atoms with Gasteiger partial charge >= 0.3 is 6.09 Å². The van der Waals surface area contributed by atoms with E-state index in [1.54, 1.807) is 0 Å². The molecule has 0 atom stereocenters. The van der Waals surface area contributed by atoms with Gasteiger partial charge in [-0.05, 0) is 35.1 Å². The first-order valence-corrected chi connectivity index (χ1v) is 7.83. The lowest BCUT2D eigenvalue weighted by Crippen LogP contribution is -2.36. The van der Waals surface area contributed by atoms with E-state index in [1.165, 1.54) is 22.3 Å². The maximum absolute atomic E-state index is 12.0. The van der Waals surface area contributed by atoms with Gasteiger partial charge in [0.25, 0.3) is 0 Å². The van der Waals surface area contributed by atoms with E-state index in [-0.39, 0.29) is 5.92 Å². The first kappa shape index (κ1) is 13.9. The molecule has 3 heteroatoms. The first-order chi connectivity index (χ1) is 11.2. The molecule has 114 valence electrons. The second-order valence-electron chi connectivity index (χ2n) is 6.18. The molecule has 2 aromatic rings. The fourth-order valence-corrected chi connectivity index (χ4v) is 3.26. The summed E-state index contributed by atoms with van der Waals surface area (Å²) in [6, 6.07) is 16.6. The van der Waals surface area contributed by atoms with E-state index in [0.29, 0.717) is 6.61 Å². The van der Waals surface area contributed by atoms with Crippen LogP contribution in [0.4, 0.5) is 4.79 Å². The van der Waals surface area contributed by atoms with E-state index >= 15 is 0 Å². The van der Waals surface area contributed by atoms with Gasteiger partial charge in [0, 0.05) is 5.92 Å². The fourth-order valence-electron chi connectivity index (χ4n) is 3.26. The summed E-state index contributed by atoms with van der Waals surface area (Å²) in [7, 11) is 0. The third-order valence-corrected chi connectivity index (χ3v) is 4.71. The number of rotatable bonds is 3. The van der Waals surface area contributed by atoms with Crippen LogP contribution < -0.4 is 5.32 Å². The van der Waals surface area contributed by atoms with E-state index in [2.05, 4.69) is 35.5 Å². The number of amides is 1. The van der Waals surface area contributed by atoms with E-state index < -0.39 is 11.6 Å². The van der Waals surface area contributed by atoms with Crippen LogP contribution >= 0.6 is 0 Å². The topological polar surface area (TPSA) is 38.3 Å². The zero-order chi connectivity index (χ0) is 15.9. The van der Waals surface area contributed by atoms with Crippen LogP contribution in [-0.2, 0) is 4.74 Å². The lowest BCUT2D eigenvalue weighted by Gasteiger charge is -2.16. The number of hydrogen-bond donors (Lipinski definition) is 1. The lowest BCUT2D eigenvalue weighted by molar-refractivity contribution is 0.140. The van der Waals surface area contributed by atoms with Crippen molar-refractivity contribution in [1.82, 2.24) is 5.32 Å². The molecule has 4 rings (SSSR count). The minimum Gasteiger partial charge on any atom is -0.449 e. The number of carbonyl (C=O) groups is 1. The number of hydrogen-bond acceptors (Lipinski definition) is 2. The molecule has 1 N–H and O–H groups in total. The second-order valence-corrected chi connectivity index (χ2v) is 6.18. The predicted octanol–water partition coefficient (Wildman–Crippen LogP) is 3.69. The molecule has 0 aliphatic heterocycles. The molecule has 3 nitrogen and oxygen atoms in total. The van der Waals surface area contributed by atoms with Crippen LogP contribution in [0.5, 0.6) is 0 Å². The number of ether oxygens (including phenoxy) is 1. The van der Waals surface area contributed by atoms with Crippen molar-refractivity contribution in [3.63, 3.8) is 0 Å². The van der Waals surface area contributed by atoms with Gasteiger partial charge in [0.1, 0.15) is 12.1 Å². The third kappa shape index (κ3) is 2.37. The molecule has 0 saturated heterocycles. The Labute approximate surface area is 135 Å². The minimum atomic E-state index is -0.470. The standard InChI is InChI=1S/C20H17NO2/c1-2-20(11-12-20)21-19(22)23-13-18-16-9-5-3-7-14(16)15-8-4-6-10-17(15)18/h1,3-10,18H,11-13H2,(H,21,22). The van der Waals surface area contributed by atoms with Crippen LogP contribution in [0.2, 0.25) is 0 Å². The van der Waals surface area contributed by atoms with E-state index in [4.69, 9.17) is 11.2 Å². The van der Waals surface area contributed by atoms with Crippen molar-refractivity contribution in [2.45, 2.75) is 24.3 Å². The minimum absolute atomic E-state index is 0.0779. The molecule has 2 aromatic carbocycles. The number of carbonyl (C=O) groups excluding carboxylic acids is 1. The van der Waals surface area contributed by atoms with E-state index in [9.17, 15) is 4.79 Å². The van der Waals surface area contributed by atoms with Gasteiger partial charge < -0.3 is 10.1 Å². The van der Waals surface area contributed by atoms with E-state index in [0.717, 1.165) is 12.8 Å². The number of fused-ring (bicyclic) bond motifs is 3. The maximum atomic E-state index is 12.0. The molecule has 2 aliphatic rings. The largest absolute Gasteiger partial charge is 0.449 e. The highest BCUT2D eigenvalue weighted by Gasteiger charge is 2.43. The van der Waals surface area contributed by atoms with E-state index in [1.807, 2.05) is 24.3 Å². The average Bonchev–Trinajstić information content (AvgIpc) is 3.28. The van der Waals surface area contributed by atoms with Gasteiger partial charge in [0.2, 0.25) is 0 Å². The molecule has 0 heterocycles. The zero-order valence-electron chi connectivity index (χ0n) is 12.7. The molecule has 0 radical (unpaired) electrons. The summed E-state index contributed by atoms with van der Waals surface area (Å²) >= 11 is 0. The van der Waals surface area contributed by atoms with Gasteiger partial charge in [-0.25, -0.2) is 4.79 Å². The van der Waals surface area contributed by atoms with Crippen molar-refractivity contribution in [3.05, 3.63) is 59.7 Å². The van der Waals surface area contributed by atoms with Gasteiger partial charge in [-0.15, -0.1) is 6.42 Å². The Morgan fingerprint density at radius 1 is 1.13 bits per heavy atom. The predicted molar refractivity (Wildman–Crippen MR) is 89.0 cm³/mol. The summed E-state index contributed by atoms with van der Waals surface area (Å²) in [6.07, 6.45) is 6.67. The van der Waals surface area contributed by atoms with Crippen molar-refractivity contribution < 1.29 is 9.53 Å². The molecular formula is C20H17NO2. The first-order valence-electron chi connectivity index (χ1n) is 7.83. The normalized spacial score (nSPS) is 16.8. The van der Waals surface area contributed by atoms with Gasteiger partial charge in [-0.2, -0.15) is 0 Å². The molecule has 0 unspecified atom stereocenters. The summed E-state index contributed by atoms with van der Waals surface area (Å²) in [5.41, 5.74) is 4.39. The van der Waals surface area contributed by atoms with Gasteiger partial charge in [0.15, 0.2) is 0 Å². The molecule has 1 amide bonds. The number of alkyl carbamates (subject to hydrolysis) is 1. The smallest absolute Gasteiger partial charge is 0.408 e. The van der Waals surface area contributed by atoms with Crippen LogP contribution in [0.3, 0.4) is 0 Å². The van der Waals surface area contributed by atoms with Gasteiger partial charge in [-0.1, -0.05) is 54.5 Å². The molecule has 0 aromatic heterocycles. The average molecular weight is 303 g/mol. The van der Waals surface area contributed by atoms with Crippen molar-refractivity contribution in [2.75, 3.05) is 6.61 Å². The summed E-state index contributed by atoms with van der Waals surface area (Å²) in [6.45, 7) is 0.320.